The Morgan fingerprint density at radius 1 is 1.24 bits per heavy atom. The van der Waals surface area contributed by atoms with Crippen molar-refractivity contribution >= 4 is 21.6 Å². The van der Waals surface area contributed by atoms with Gasteiger partial charge >= 0.3 is 0 Å². The van der Waals surface area contributed by atoms with Crippen molar-refractivity contribution in [3.05, 3.63) is 28.8 Å². The Balaban J connectivity index is 3.24. The molecule has 0 aliphatic rings. The Hall–Kier alpha value is -0.620. The highest BCUT2D eigenvalue weighted by molar-refractivity contribution is 7.89. The molecule has 0 aromatic heterocycles. The minimum Gasteiger partial charge on any atom is -0.316 e. The smallest absolute Gasteiger partial charge is 0.243 e. The topological polar surface area (TPSA) is 49.4 Å². The van der Waals surface area contributed by atoms with E-state index in [1.807, 2.05) is 27.7 Å². The van der Waals surface area contributed by atoms with E-state index in [0.29, 0.717) is 23.0 Å². The predicted octanol–water partition coefficient (Wildman–Crippen LogP) is 3.11. The Morgan fingerprint density at radius 3 is 2.33 bits per heavy atom. The Labute approximate surface area is 133 Å². The summed E-state index contributed by atoms with van der Waals surface area (Å²) in [5, 5.41) is 3.57. The summed E-state index contributed by atoms with van der Waals surface area (Å²) in [5.74, 6) is 0.270. The van der Waals surface area contributed by atoms with Crippen molar-refractivity contribution in [2.24, 2.45) is 5.92 Å². The summed E-state index contributed by atoms with van der Waals surface area (Å²) < 4.78 is 27.2. The molecule has 0 aliphatic carbocycles. The second kappa shape index (κ2) is 7.58. The highest BCUT2D eigenvalue weighted by Gasteiger charge is 2.28. The molecule has 6 heteroatoms. The fraction of sp³-hybridized carbons (Fsp3) is 0.600. The first-order chi connectivity index (χ1) is 9.70. The van der Waals surface area contributed by atoms with Gasteiger partial charge in [0, 0.05) is 24.2 Å². The molecule has 0 aliphatic heterocycles. The van der Waals surface area contributed by atoms with Gasteiger partial charge in [-0.3, -0.25) is 0 Å². The third kappa shape index (κ3) is 4.68. The SMILES string of the molecule is CNCc1cc(S(=O)(=O)N(CC(C)C)C(C)C)ccc1Cl. The normalized spacial score (nSPS) is 12.6. The second-order valence-corrected chi connectivity index (χ2v) is 8.14. The van der Waals surface area contributed by atoms with Crippen LogP contribution >= 0.6 is 11.6 Å². The van der Waals surface area contributed by atoms with Crippen LogP contribution < -0.4 is 5.32 Å². The molecule has 0 heterocycles. The van der Waals surface area contributed by atoms with Gasteiger partial charge in [-0.05, 0) is 50.6 Å². The molecule has 0 bridgehead atoms. The van der Waals surface area contributed by atoms with Crippen molar-refractivity contribution in [2.45, 2.75) is 45.2 Å². The lowest BCUT2D eigenvalue weighted by molar-refractivity contribution is 0.319. The van der Waals surface area contributed by atoms with Gasteiger partial charge in [-0.25, -0.2) is 8.42 Å². The van der Waals surface area contributed by atoms with Gasteiger partial charge < -0.3 is 5.32 Å². The van der Waals surface area contributed by atoms with Crippen molar-refractivity contribution in [1.82, 2.24) is 9.62 Å². The van der Waals surface area contributed by atoms with E-state index in [1.54, 1.807) is 29.6 Å². The summed E-state index contributed by atoms with van der Waals surface area (Å²) >= 11 is 6.10. The molecule has 4 nitrogen and oxygen atoms in total. The summed E-state index contributed by atoms with van der Waals surface area (Å²) in [5.41, 5.74) is 0.786. The molecule has 1 N–H and O–H groups in total. The first kappa shape index (κ1) is 18.4. The number of nitrogens with one attached hydrogen (secondary N) is 1. The van der Waals surface area contributed by atoms with Crippen molar-refractivity contribution < 1.29 is 8.42 Å². The predicted molar refractivity (Wildman–Crippen MR) is 88.1 cm³/mol. The highest BCUT2D eigenvalue weighted by atomic mass is 35.5. The van der Waals surface area contributed by atoms with Gasteiger partial charge in [0.2, 0.25) is 10.0 Å². The van der Waals surface area contributed by atoms with Gasteiger partial charge in [0.25, 0.3) is 0 Å². The Morgan fingerprint density at radius 2 is 1.86 bits per heavy atom. The van der Waals surface area contributed by atoms with Crippen LogP contribution in [0.1, 0.15) is 33.3 Å². The van der Waals surface area contributed by atoms with Crippen molar-refractivity contribution in [1.29, 1.82) is 0 Å². The van der Waals surface area contributed by atoms with E-state index in [4.69, 9.17) is 11.6 Å². The fourth-order valence-electron chi connectivity index (χ4n) is 2.12. The molecular weight excluding hydrogens is 308 g/mol. The molecule has 21 heavy (non-hydrogen) atoms. The number of sulfonamides is 1. The highest BCUT2D eigenvalue weighted by Crippen LogP contribution is 2.24. The molecule has 0 atom stereocenters. The number of benzene rings is 1. The molecule has 120 valence electrons. The van der Waals surface area contributed by atoms with Gasteiger partial charge in [-0.15, -0.1) is 0 Å². The lowest BCUT2D eigenvalue weighted by Gasteiger charge is -2.27. The summed E-state index contributed by atoms with van der Waals surface area (Å²) in [4.78, 5) is 0.298. The quantitative estimate of drug-likeness (QED) is 0.834. The molecule has 0 spiro atoms. The largest absolute Gasteiger partial charge is 0.316 e. The van der Waals surface area contributed by atoms with Crippen LogP contribution in [-0.4, -0.2) is 32.4 Å². The van der Waals surface area contributed by atoms with Crippen molar-refractivity contribution in [3.8, 4) is 0 Å². The molecule has 0 amide bonds. The van der Waals surface area contributed by atoms with Crippen molar-refractivity contribution in [3.63, 3.8) is 0 Å². The number of nitrogens with zero attached hydrogens (tertiary/aromatic N) is 1. The first-order valence-electron chi connectivity index (χ1n) is 7.15. The zero-order valence-electron chi connectivity index (χ0n) is 13.4. The fourth-order valence-corrected chi connectivity index (χ4v) is 4.16. The molecule has 0 saturated carbocycles. The molecule has 0 fully saturated rings. The van der Waals surface area contributed by atoms with Crippen molar-refractivity contribution in [2.75, 3.05) is 13.6 Å². The number of rotatable bonds is 7. The molecule has 0 unspecified atom stereocenters. The van der Waals surface area contributed by atoms with Crippen LogP contribution in [-0.2, 0) is 16.6 Å². The zero-order valence-corrected chi connectivity index (χ0v) is 14.9. The van der Waals surface area contributed by atoms with Gasteiger partial charge in [-0.2, -0.15) is 4.31 Å². The van der Waals surface area contributed by atoms with Gasteiger partial charge in [0.1, 0.15) is 0 Å². The summed E-state index contributed by atoms with van der Waals surface area (Å²) in [6.45, 7) is 8.85. The van der Waals surface area contributed by atoms with E-state index in [-0.39, 0.29) is 12.0 Å². The maximum absolute atomic E-state index is 12.8. The first-order valence-corrected chi connectivity index (χ1v) is 8.96. The maximum atomic E-state index is 12.8. The van der Waals surface area contributed by atoms with Gasteiger partial charge in [-0.1, -0.05) is 25.4 Å². The Kier molecular flexibility index (Phi) is 6.66. The van der Waals surface area contributed by atoms with E-state index in [1.165, 1.54) is 0 Å². The van der Waals surface area contributed by atoms with E-state index >= 15 is 0 Å². The van der Waals surface area contributed by atoms with E-state index < -0.39 is 10.0 Å². The molecule has 1 aromatic rings. The summed E-state index contributed by atoms with van der Waals surface area (Å²) in [7, 11) is -1.70. The lowest BCUT2D eigenvalue weighted by Crippen LogP contribution is -2.39. The minimum atomic E-state index is -3.51. The van der Waals surface area contributed by atoms with Crippen LogP contribution in [0.15, 0.2) is 23.1 Å². The molecular formula is C15H25ClN2O2S. The number of halogens is 1. The third-order valence-electron chi connectivity index (χ3n) is 3.11. The number of hydrogen-bond acceptors (Lipinski definition) is 3. The van der Waals surface area contributed by atoms with Crippen LogP contribution in [0, 0.1) is 5.92 Å². The molecule has 1 rings (SSSR count). The molecule has 1 aromatic carbocycles. The van der Waals surface area contributed by atoms with E-state index in [0.717, 1.165) is 5.56 Å². The third-order valence-corrected chi connectivity index (χ3v) is 5.52. The average molecular weight is 333 g/mol. The molecule has 0 radical (unpaired) electrons. The maximum Gasteiger partial charge on any atom is 0.243 e. The van der Waals surface area contributed by atoms with Crippen LogP contribution in [0.25, 0.3) is 0 Å². The van der Waals surface area contributed by atoms with Gasteiger partial charge in [0.05, 0.1) is 4.90 Å². The second-order valence-electron chi connectivity index (χ2n) is 5.85. The summed E-state index contributed by atoms with van der Waals surface area (Å²) in [6, 6.07) is 4.80. The van der Waals surface area contributed by atoms with E-state index in [2.05, 4.69) is 5.32 Å². The minimum absolute atomic E-state index is 0.0826. The van der Waals surface area contributed by atoms with Crippen LogP contribution in [0.5, 0.6) is 0 Å². The standard InChI is InChI=1S/C15H25ClN2O2S/c1-11(2)10-18(12(3)4)21(19,20)14-6-7-15(16)13(8-14)9-17-5/h6-8,11-12,17H,9-10H2,1-5H3. The number of hydrogen-bond donors (Lipinski definition) is 1. The molecule has 0 saturated heterocycles. The zero-order chi connectivity index (χ0) is 16.2. The van der Waals surface area contributed by atoms with E-state index in [9.17, 15) is 8.42 Å². The van der Waals surface area contributed by atoms with Crippen LogP contribution in [0.2, 0.25) is 5.02 Å². The monoisotopic (exact) mass is 332 g/mol. The summed E-state index contributed by atoms with van der Waals surface area (Å²) in [6.07, 6.45) is 0. The van der Waals surface area contributed by atoms with Crippen LogP contribution in [0.3, 0.4) is 0 Å². The average Bonchev–Trinajstić information content (AvgIpc) is 2.38. The van der Waals surface area contributed by atoms with Crippen LogP contribution in [0.4, 0.5) is 0 Å². The van der Waals surface area contributed by atoms with Gasteiger partial charge in [0.15, 0.2) is 0 Å². The lowest BCUT2D eigenvalue weighted by atomic mass is 10.2. The Bertz CT molecular complexity index is 571.